The third kappa shape index (κ3) is 6.35. The molecule has 0 fully saturated rings. The zero-order chi connectivity index (χ0) is 25.0. The van der Waals surface area contributed by atoms with Gasteiger partial charge in [0, 0.05) is 25.8 Å². The summed E-state index contributed by atoms with van der Waals surface area (Å²) in [6.45, 7) is 6.62. The van der Waals surface area contributed by atoms with Crippen LogP contribution in [0.15, 0.2) is 42.5 Å². The second-order valence-electron chi connectivity index (χ2n) is 9.67. The number of likely N-dealkylation sites (N-methyl/N-ethyl adjacent to an activating group) is 2. The van der Waals surface area contributed by atoms with Crippen molar-refractivity contribution >= 4 is 23.7 Å². The highest BCUT2D eigenvalue weighted by atomic mass is 16.6. The zero-order valence-electron chi connectivity index (χ0n) is 20.8. The fraction of sp³-hybridized carbons (Fsp3) is 0.423. The van der Waals surface area contributed by atoms with Gasteiger partial charge in [-0.05, 0) is 82.7 Å². The van der Waals surface area contributed by atoms with Crippen LogP contribution in [0.5, 0.6) is 5.75 Å². The molecule has 8 heteroatoms. The molecule has 0 aliphatic carbocycles. The number of esters is 1. The largest absolute Gasteiger partial charge is 0.456 e. The minimum absolute atomic E-state index is 0.00932. The SMILES string of the molecule is CN(C)CC(=O)N(C)c1cccc2c1CCN(C(=O)Oc1ccc(C(=O)OC(C)(C)C)cc1)C2. The maximum atomic E-state index is 12.8. The summed E-state index contributed by atoms with van der Waals surface area (Å²) in [6.07, 6.45) is 0.163. The van der Waals surface area contributed by atoms with Gasteiger partial charge in [0.2, 0.25) is 5.91 Å². The molecule has 0 radical (unpaired) electrons. The number of rotatable bonds is 5. The van der Waals surface area contributed by atoms with E-state index < -0.39 is 17.7 Å². The van der Waals surface area contributed by atoms with Crippen molar-refractivity contribution < 1.29 is 23.9 Å². The lowest BCUT2D eigenvalue weighted by Crippen LogP contribution is -2.39. The first-order valence-corrected chi connectivity index (χ1v) is 11.3. The molecule has 1 aliphatic rings. The molecule has 0 saturated heterocycles. The summed E-state index contributed by atoms with van der Waals surface area (Å²) in [4.78, 5) is 42.6. The van der Waals surface area contributed by atoms with Crippen LogP contribution in [0.25, 0.3) is 0 Å². The first-order chi connectivity index (χ1) is 15.9. The van der Waals surface area contributed by atoms with E-state index in [2.05, 4.69) is 0 Å². The lowest BCUT2D eigenvalue weighted by atomic mass is 9.97. The van der Waals surface area contributed by atoms with Gasteiger partial charge >= 0.3 is 12.1 Å². The Morgan fingerprint density at radius 2 is 1.68 bits per heavy atom. The molecule has 34 heavy (non-hydrogen) atoms. The van der Waals surface area contributed by atoms with Gasteiger partial charge in [0.05, 0.1) is 12.1 Å². The van der Waals surface area contributed by atoms with E-state index in [9.17, 15) is 14.4 Å². The number of hydrogen-bond acceptors (Lipinski definition) is 6. The Bertz CT molecular complexity index is 1060. The van der Waals surface area contributed by atoms with Gasteiger partial charge < -0.3 is 24.2 Å². The first-order valence-electron chi connectivity index (χ1n) is 11.3. The van der Waals surface area contributed by atoms with Gasteiger partial charge in [-0.3, -0.25) is 4.79 Å². The molecule has 2 aromatic carbocycles. The maximum absolute atomic E-state index is 12.8. The summed E-state index contributed by atoms with van der Waals surface area (Å²) in [5, 5.41) is 0. The molecular weight excluding hydrogens is 434 g/mol. The summed E-state index contributed by atoms with van der Waals surface area (Å²) < 4.78 is 10.9. The maximum Gasteiger partial charge on any atom is 0.415 e. The van der Waals surface area contributed by atoms with E-state index in [0.29, 0.717) is 37.4 Å². The lowest BCUT2D eigenvalue weighted by Gasteiger charge is -2.31. The Kier molecular flexibility index (Phi) is 7.61. The molecule has 0 unspecified atom stereocenters. The Hall–Kier alpha value is -3.39. The van der Waals surface area contributed by atoms with E-state index in [4.69, 9.17) is 9.47 Å². The van der Waals surface area contributed by atoms with E-state index in [0.717, 1.165) is 16.8 Å². The molecule has 3 rings (SSSR count). The van der Waals surface area contributed by atoms with Crippen molar-refractivity contribution in [3.8, 4) is 5.75 Å². The van der Waals surface area contributed by atoms with E-state index in [1.165, 1.54) is 0 Å². The smallest absolute Gasteiger partial charge is 0.415 e. The van der Waals surface area contributed by atoms with E-state index in [1.807, 2.05) is 37.2 Å². The summed E-state index contributed by atoms with van der Waals surface area (Å²) in [7, 11) is 5.50. The highest BCUT2D eigenvalue weighted by Gasteiger charge is 2.26. The van der Waals surface area contributed by atoms with Crippen molar-refractivity contribution in [3.05, 3.63) is 59.2 Å². The number of fused-ring (bicyclic) bond motifs is 1. The number of anilines is 1. The molecule has 0 aromatic heterocycles. The molecule has 0 atom stereocenters. The van der Waals surface area contributed by atoms with Crippen molar-refractivity contribution in [2.24, 2.45) is 0 Å². The van der Waals surface area contributed by atoms with Gasteiger partial charge in [0.25, 0.3) is 0 Å². The number of hydrogen-bond donors (Lipinski definition) is 0. The van der Waals surface area contributed by atoms with Gasteiger partial charge in [-0.2, -0.15) is 0 Å². The number of nitrogens with zero attached hydrogens (tertiary/aromatic N) is 3. The van der Waals surface area contributed by atoms with Crippen LogP contribution in [0.4, 0.5) is 10.5 Å². The predicted octanol–water partition coefficient (Wildman–Crippen LogP) is 3.72. The molecule has 2 aromatic rings. The Balaban J connectivity index is 1.65. The standard InChI is InChI=1S/C26H33N3O5/c1-26(2,3)34-24(31)18-10-12-20(13-11-18)33-25(32)29-15-14-21-19(16-29)8-7-9-22(21)28(6)23(30)17-27(4)5/h7-13H,14-17H2,1-6H3. The Labute approximate surface area is 201 Å². The van der Waals surface area contributed by atoms with Crippen molar-refractivity contribution in [1.82, 2.24) is 9.80 Å². The first kappa shape index (κ1) is 25.2. The van der Waals surface area contributed by atoms with Crippen LogP contribution >= 0.6 is 0 Å². The molecule has 182 valence electrons. The van der Waals surface area contributed by atoms with Gasteiger partial charge in [-0.15, -0.1) is 0 Å². The fourth-order valence-electron chi connectivity index (χ4n) is 3.73. The average Bonchev–Trinajstić information content (AvgIpc) is 2.76. The monoisotopic (exact) mass is 467 g/mol. The normalized spacial score (nSPS) is 13.3. The molecule has 1 aliphatic heterocycles. The second kappa shape index (κ2) is 10.3. The molecule has 8 nitrogen and oxygen atoms in total. The van der Waals surface area contributed by atoms with Crippen LogP contribution in [0, 0.1) is 0 Å². The number of amides is 2. The molecular formula is C26H33N3O5. The summed E-state index contributed by atoms with van der Waals surface area (Å²) in [6, 6.07) is 12.1. The van der Waals surface area contributed by atoms with Crippen molar-refractivity contribution in [1.29, 1.82) is 0 Å². The summed E-state index contributed by atoms with van der Waals surface area (Å²) >= 11 is 0. The summed E-state index contributed by atoms with van der Waals surface area (Å²) in [5.41, 5.74) is 2.74. The average molecular weight is 468 g/mol. The van der Waals surface area contributed by atoms with Gasteiger partial charge in [-0.25, -0.2) is 9.59 Å². The van der Waals surface area contributed by atoms with Gasteiger partial charge in [0.15, 0.2) is 0 Å². The van der Waals surface area contributed by atoms with Crippen LogP contribution in [0.3, 0.4) is 0 Å². The minimum atomic E-state index is -0.582. The van der Waals surface area contributed by atoms with Crippen molar-refractivity contribution in [2.75, 3.05) is 39.1 Å². The number of benzene rings is 2. The zero-order valence-corrected chi connectivity index (χ0v) is 20.8. The third-order valence-corrected chi connectivity index (χ3v) is 5.38. The third-order valence-electron chi connectivity index (χ3n) is 5.38. The van der Waals surface area contributed by atoms with Crippen LogP contribution < -0.4 is 9.64 Å². The summed E-state index contributed by atoms with van der Waals surface area (Å²) in [5.74, 6) is -0.0659. The molecule has 0 saturated carbocycles. The number of carbonyl (C=O) groups excluding carboxylic acids is 3. The van der Waals surface area contributed by atoms with Crippen molar-refractivity contribution in [2.45, 2.75) is 39.3 Å². The van der Waals surface area contributed by atoms with E-state index in [-0.39, 0.29) is 5.91 Å². The highest BCUT2D eigenvalue weighted by molar-refractivity contribution is 5.95. The molecule has 2 amide bonds. The number of ether oxygens (including phenoxy) is 2. The van der Waals surface area contributed by atoms with Crippen LogP contribution in [-0.2, 0) is 22.5 Å². The molecule has 0 N–H and O–H groups in total. The predicted molar refractivity (Wildman–Crippen MR) is 130 cm³/mol. The molecule has 0 bridgehead atoms. The van der Waals surface area contributed by atoms with Gasteiger partial charge in [0.1, 0.15) is 11.4 Å². The molecule has 1 heterocycles. The Morgan fingerprint density at radius 1 is 1.00 bits per heavy atom. The van der Waals surface area contributed by atoms with Crippen LogP contribution in [0.1, 0.15) is 42.3 Å². The lowest BCUT2D eigenvalue weighted by molar-refractivity contribution is -0.118. The number of carbonyl (C=O) groups is 3. The molecule has 0 spiro atoms. The quantitative estimate of drug-likeness (QED) is 0.624. The van der Waals surface area contributed by atoms with E-state index in [1.54, 1.807) is 61.9 Å². The van der Waals surface area contributed by atoms with Crippen molar-refractivity contribution in [3.63, 3.8) is 0 Å². The topological polar surface area (TPSA) is 79.4 Å². The van der Waals surface area contributed by atoms with Gasteiger partial charge in [-0.1, -0.05) is 12.1 Å². The van der Waals surface area contributed by atoms with Crippen LogP contribution in [-0.4, -0.2) is 67.6 Å². The highest BCUT2D eigenvalue weighted by Crippen LogP contribution is 2.29. The minimum Gasteiger partial charge on any atom is -0.456 e. The van der Waals surface area contributed by atoms with Crippen LogP contribution in [0.2, 0.25) is 0 Å². The Morgan fingerprint density at radius 3 is 2.29 bits per heavy atom. The fourth-order valence-corrected chi connectivity index (χ4v) is 3.73. The second-order valence-corrected chi connectivity index (χ2v) is 9.67. The van der Waals surface area contributed by atoms with E-state index >= 15 is 0 Å².